The Morgan fingerprint density at radius 1 is 1.21 bits per heavy atom. The van der Waals surface area contributed by atoms with Gasteiger partial charge in [-0.05, 0) is 49.3 Å². The molecule has 0 amide bonds. The van der Waals surface area contributed by atoms with Crippen molar-refractivity contribution in [3.05, 3.63) is 35.3 Å². The zero-order valence-electron chi connectivity index (χ0n) is 13.6. The first kappa shape index (κ1) is 14.3. The Hall–Kier alpha value is -2.04. The number of carbonyl (C=O) groups excluding carboxylic acids is 2. The lowest BCUT2D eigenvalue weighted by Crippen LogP contribution is -2.49. The van der Waals surface area contributed by atoms with Gasteiger partial charge in [0.1, 0.15) is 11.9 Å². The van der Waals surface area contributed by atoms with Gasteiger partial charge in [-0.3, -0.25) is 4.79 Å². The van der Waals surface area contributed by atoms with Crippen LogP contribution >= 0.6 is 0 Å². The molecule has 1 saturated carbocycles. The van der Waals surface area contributed by atoms with E-state index in [1.807, 2.05) is 12.1 Å². The highest BCUT2D eigenvalue weighted by Crippen LogP contribution is 2.62. The summed E-state index contributed by atoms with van der Waals surface area (Å²) in [6.45, 7) is 2.10. The average molecular weight is 328 g/mol. The predicted octanol–water partition coefficient (Wildman–Crippen LogP) is 3.32. The Labute approximate surface area is 140 Å². The number of hydrogen-bond donors (Lipinski definition) is 0. The second kappa shape index (κ2) is 4.74. The molecule has 5 rings (SSSR count). The van der Waals surface area contributed by atoms with Gasteiger partial charge in [-0.15, -0.1) is 0 Å². The van der Waals surface area contributed by atoms with Gasteiger partial charge in [-0.25, -0.2) is 4.79 Å². The summed E-state index contributed by atoms with van der Waals surface area (Å²) in [5.41, 5.74) is 1.38. The second-order valence-corrected chi connectivity index (χ2v) is 7.56. The summed E-state index contributed by atoms with van der Waals surface area (Å²) >= 11 is 0. The molecule has 5 atom stereocenters. The minimum Gasteiger partial charge on any atom is -0.465 e. The molecule has 126 valence electrons. The van der Waals surface area contributed by atoms with Crippen molar-refractivity contribution in [3.63, 3.8) is 0 Å². The third-order valence-corrected chi connectivity index (χ3v) is 6.57. The lowest BCUT2D eigenvalue weighted by molar-refractivity contribution is -0.157. The molecular weight excluding hydrogens is 308 g/mol. The number of cyclic esters (lactones) is 1. The summed E-state index contributed by atoms with van der Waals surface area (Å²) in [4.78, 5) is 25.2. The third kappa shape index (κ3) is 1.65. The van der Waals surface area contributed by atoms with E-state index in [9.17, 15) is 9.59 Å². The fourth-order valence-electron chi connectivity index (χ4n) is 5.47. The molecule has 1 spiro atoms. The van der Waals surface area contributed by atoms with E-state index >= 15 is 0 Å². The van der Waals surface area contributed by atoms with Crippen LogP contribution in [0.2, 0.25) is 0 Å². The monoisotopic (exact) mass is 328 g/mol. The standard InChI is InChI=1S/C19H20O5/c1-10-8-14-16-11(17(20)23-14)4-2-5-12(16)19(10)9-15(24-18(19)21)13-6-3-7-22-13/h3,6-7,10,12,14-15H,2,4-5,8-9H2,1H3/t10-,12-,14+,15+,19-/m1/s1. The molecule has 5 nitrogen and oxygen atoms in total. The lowest BCUT2D eigenvalue weighted by Gasteiger charge is -2.47. The van der Waals surface area contributed by atoms with Gasteiger partial charge in [0, 0.05) is 17.9 Å². The van der Waals surface area contributed by atoms with Crippen LogP contribution in [0.15, 0.2) is 34.0 Å². The molecule has 2 aliphatic carbocycles. The Morgan fingerprint density at radius 3 is 2.88 bits per heavy atom. The molecule has 1 aromatic rings. The molecule has 0 unspecified atom stereocenters. The van der Waals surface area contributed by atoms with Crippen LogP contribution in [0.5, 0.6) is 0 Å². The summed E-state index contributed by atoms with van der Waals surface area (Å²) < 4.78 is 16.8. The summed E-state index contributed by atoms with van der Waals surface area (Å²) in [5.74, 6) is 0.590. The molecule has 2 aliphatic heterocycles. The molecule has 0 N–H and O–H groups in total. The number of furan rings is 1. The number of esters is 2. The minimum atomic E-state index is -0.553. The van der Waals surface area contributed by atoms with E-state index in [1.54, 1.807) is 6.26 Å². The van der Waals surface area contributed by atoms with Crippen LogP contribution in [0.4, 0.5) is 0 Å². The maximum Gasteiger partial charge on any atom is 0.334 e. The molecule has 24 heavy (non-hydrogen) atoms. The van der Waals surface area contributed by atoms with Gasteiger partial charge >= 0.3 is 11.9 Å². The van der Waals surface area contributed by atoms with Gasteiger partial charge in [0.05, 0.1) is 11.7 Å². The van der Waals surface area contributed by atoms with Crippen molar-refractivity contribution >= 4 is 11.9 Å². The van der Waals surface area contributed by atoms with Gasteiger partial charge in [0.2, 0.25) is 0 Å². The maximum atomic E-state index is 13.0. The van der Waals surface area contributed by atoms with E-state index in [4.69, 9.17) is 13.9 Å². The third-order valence-electron chi connectivity index (χ3n) is 6.57. The molecule has 4 aliphatic rings. The van der Waals surface area contributed by atoms with Crippen molar-refractivity contribution in [1.82, 2.24) is 0 Å². The van der Waals surface area contributed by atoms with Crippen molar-refractivity contribution in [2.75, 3.05) is 0 Å². The molecule has 3 heterocycles. The Kier molecular flexibility index (Phi) is 2.83. The van der Waals surface area contributed by atoms with Crippen LogP contribution in [0.25, 0.3) is 0 Å². The van der Waals surface area contributed by atoms with Crippen LogP contribution in [-0.2, 0) is 19.1 Å². The quantitative estimate of drug-likeness (QED) is 0.740. The highest BCUT2D eigenvalue weighted by atomic mass is 16.6. The Morgan fingerprint density at radius 2 is 2.08 bits per heavy atom. The second-order valence-electron chi connectivity index (χ2n) is 7.56. The molecular formula is C19H20O5. The van der Waals surface area contributed by atoms with E-state index in [1.165, 1.54) is 0 Å². The van der Waals surface area contributed by atoms with Gasteiger partial charge in [-0.1, -0.05) is 6.92 Å². The lowest BCUT2D eigenvalue weighted by atomic mass is 9.54. The van der Waals surface area contributed by atoms with Crippen molar-refractivity contribution in [2.24, 2.45) is 17.3 Å². The van der Waals surface area contributed by atoms with Crippen LogP contribution < -0.4 is 0 Å². The first-order valence-electron chi connectivity index (χ1n) is 8.79. The summed E-state index contributed by atoms with van der Waals surface area (Å²) in [6.07, 6.45) is 5.13. The van der Waals surface area contributed by atoms with Crippen LogP contribution in [0.1, 0.15) is 50.9 Å². The number of carbonyl (C=O) groups is 2. The van der Waals surface area contributed by atoms with Crippen molar-refractivity contribution in [2.45, 2.75) is 51.2 Å². The Balaban J connectivity index is 1.59. The zero-order valence-corrected chi connectivity index (χ0v) is 13.6. The number of rotatable bonds is 1. The average Bonchev–Trinajstić information content (AvgIpc) is 3.26. The SMILES string of the molecule is C[C@@H]1C[C@@H]2OC(=O)C3=C2[C@@H](CCC3)[C@@]12C[C@@H](c1ccco1)OC2=O. The minimum absolute atomic E-state index is 0.0638. The molecule has 5 heteroatoms. The van der Waals surface area contributed by atoms with Crippen LogP contribution in [0, 0.1) is 17.3 Å². The van der Waals surface area contributed by atoms with Crippen molar-refractivity contribution < 1.29 is 23.5 Å². The molecule has 1 aromatic heterocycles. The molecule has 1 saturated heterocycles. The summed E-state index contributed by atoms with van der Waals surface area (Å²) in [7, 11) is 0. The van der Waals surface area contributed by atoms with Crippen LogP contribution in [0.3, 0.4) is 0 Å². The van der Waals surface area contributed by atoms with Gasteiger partial charge in [0.15, 0.2) is 6.10 Å². The van der Waals surface area contributed by atoms with Gasteiger partial charge < -0.3 is 13.9 Å². The Bertz CT molecular complexity index is 746. The normalized spacial score (nSPS) is 40.7. The van der Waals surface area contributed by atoms with Crippen molar-refractivity contribution in [3.8, 4) is 0 Å². The molecule has 0 aromatic carbocycles. The van der Waals surface area contributed by atoms with Crippen LogP contribution in [-0.4, -0.2) is 18.0 Å². The maximum absolute atomic E-state index is 13.0. The number of ether oxygens (including phenoxy) is 2. The topological polar surface area (TPSA) is 65.7 Å². The summed E-state index contributed by atoms with van der Waals surface area (Å²) in [6, 6.07) is 3.68. The zero-order chi connectivity index (χ0) is 16.5. The first-order valence-corrected chi connectivity index (χ1v) is 8.79. The van der Waals surface area contributed by atoms with Gasteiger partial charge in [-0.2, -0.15) is 0 Å². The number of fused-ring (bicyclic) bond motifs is 1. The van der Waals surface area contributed by atoms with E-state index < -0.39 is 5.41 Å². The molecule has 0 bridgehead atoms. The summed E-state index contributed by atoms with van der Waals surface area (Å²) in [5, 5.41) is 0. The number of hydrogen-bond acceptors (Lipinski definition) is 5. The van der Waals surface area contributed by atoms with Crippen molar-refractivity contribution in [1.29, 1.82) is 0 Å². The molecule has 0 radical (unpaired) electrons. The first-order chi connectivity index (χ1) is 11.6. The largest absolute Gasteiger partial charge is 0.465 e. The van der Waals surface area contributed by atoms with E-state index in [2.05, 4.69) is 6.92 Å². The molecule has 2 fully saturated rings. The fourth-order valence-corrected chi connectivity index (χ4v) is 5.47. The highest BCUT2D eigenvalue weighted by Gasteiger charge is 2.64. The van der Waals surface area contributed by atoms with E-state index in [0.717, 1.165) is 30.4 Å². The fraction of sp³-hybridized carbons (Fsp3) is 0.579. The predicted molar refractivity (Wildman–Crippen MR) is 82.6 cm³/mol. The smallest absolute Gasteiger partial charge is 0.334 e. The van der Waals surface area contributed by atoms with E-state index in [-0.39, 0.29) is 36.0 Å². The highest BCUT2D eigenvalue weighted by molar-refractivity contribution is 5.93. The van der Waals surface area contributed by atoms with E-state index in [0.29, 0.717) is 18.6 Å². The van der Waals surface area contributed by atoms with Gasteiger partial charge in [0.25, 0.3) is 0 Å².